The molecule has 2 rings (SSSR count). The SMILES string of the molecule is CCC(NS(=O)(=O)Cc1ccccc1N)c1ccccc1. The van der Waals surface area contributed by atoms with Crippen LogP contribution in [0, 0.1) is 0 Å². The summed E-state index contributed by atoms with van der Waals surface area (Å²) in [7, 11) is -3.45. The van der Waals surface area contributed by atoms with Crippen LogP contribution in [-0.4, -0.2) is 8.42 Å². The summed E-state index contributed by atoms with van der Waals surface area (Å²) in [6.07, 6.45) is 0.688. The fourth-order valence-corrected chi connectivity index (χ4v) is 3.69. The molecule has 4 nitrogen and oxygen atoms in total. The summed E-state index contributed by atoms with van der Waals surface area (Å²) in [6, 6.07) is 16.4. The lowest BCUT2D eigenvalue weighted by Crippen LogP contribution is -2.29. The van der Waals surface area contributed by atoms with E-state index in [9.17, 15) is 8.42 Å². The van der Waals surface area contributed by atoms with Crippen molar-refractivity contribution in [1.82, 2.24) is 4.72 Å². The maximum atomic E-state index is 12.3. The normalized spacial score (nSPS) is 13.0. The number of nitrogens with two attached hydrogens (primary N) is 1. The van der Waals surface area contributed by atoms with Gasteiger partial charge >= 0.3 is 0 Å². The first-order chi connectivity index (χ1) is 10.0. The fourth-order valence-electron chi connectivity index (χ4n) is 2.20. The first-order valence-electron chi connectivity index (χ1n) is 6.90. The molecule has 0 fully saturated rings. The predicted molar refractivity (Wildman–Crippen MR) is 86.1 cm³/mol. The lowest BCUT2D eigenvalue weighted by atomic mass is 10.1. The van der Waals surface area contributed by atoms with Crippen LogP contribution in [0.2, 0.25) is 0 Å². The van der Waals surface area contributed by atoms with E-state index in [0.717, 1.165) is 5.56 Å². The molecule has 0 spiro atoms. The Bertz CT molecular complexity index is 684. The van der Waals surface area contributed by atoms with E-state index in [0.29, 0.717) is 17.7 Å². The zero-order valence-electron chi connectivity index (χ0n) is 12.0. The number of rotatable bonds is 6. The zero-order chi connectivity index (χ0) is 15.3. The van der Waals surface area contributed by atoms with Crippen molar-refractivity contribution in [3.63, 3.8) is 0 Å². The number of nitrogens with one attached hydrogen (secondary N) is 1. The quantitative estimate of drug-likeness (QED) is 0.806. The second kappa shape index (κ2) is 6.74. The molecule has 0 amide bonds. The van der Waals surface area contributed by atoms with E-state index < -0.39 is 10.0 Å². The summed E-state index contributed by atoms with van der Waals surface area (Å²) in [5, 5.41) is 0. The highest BCUT2D eigenvalue weighted by atomic mass is 32.2. The van der Waals surface area contributed by atoms with Gasteiger partial charge in [0.1, 0.15) is 0 Å². The average Bonchev–Trinajstić information content (AvgIpc) is 2.48. The van der Waals surface area contributed by atoms with Gasteiger partial charge in [-0.2, -0.15) is 0 Å². The van der Waals surface area contributed by atoms with Gasteiger partial charge in [-0.1, -0.05) is 55.5 Å². The van der Waals surface area contributed by atoms with Gasteiger partial charge in [0.05, 0.1) is 5.75 Å². The van der Waals surface area contributed by atoms with E-state index >= 15 is 0 Å². The molecule has 0 saturated carbocycles. The molecule has 21 heavy (non-hydrogen) atoms. The van der Waals surface area contributed by atoms with Gasteiger partial charge in [-0.25, -0.2) is 13.1 Å². The molecule has 0 aliphatic heterocycles. The highest BCUT2D eigenvalue weighted by molar-refractivity contribution is 7.88. The van der Waals surface area contributed by atoms with Crippen LogP contribution in [0.3, 0.4) is 0 Å². The molecule has 0 heterocycles. The maximum absolute atomic E-state index is 12.3. The summed E-state index contributed by atoms with van der Waals surface area (Å²) in [5.41, 5.74) is 7.89. The van der Waals surface area contributed by atoms with Crippen LogP contribution >= 0.6 is 0 Å². The number of nitrogen functional groups attached to an aromatic ring is 1. The third-order valence-corrected chi connectivity index (χ3v) is 4.67. The average molecular weight is 304 g/mol. The molecule has 0 bridgehead atoms. The second-order valence-electron chi connectivity index (χ2n) is 4.95. The first kappa shape index (κ1) is 15.5. The summed E-state index contributed by atoms with van der Waals surface area (Å²) < 4.78 is 27.4. The Kier molecular flexibility index (Phi) is 4.98. The van der Waals surface area contributed by atoms with Crippen LogP contribution in [0.1, 0.15) is 30.5 Å². The second-order valence-corrected chi connectivity index (χ2v) is 6.70. The summed E-state index contributed by atoms with van der Waals surface area (Å²) in [5.74, 6) is -0.108. The van der Waals surface area contributed by atoms with Gasteiger partial charge in [-0.15, -0.1) is 0 Å². The van der Waals surface area contributed by atoms with Crippen molar-refractivity contribution < 1.29 is 8.42 Å². The molecule has 3 N–H and O–H groups in total. The van der Waals surface area contributed by atoms with Crippen molar-refractivity contribution in [2.45, 2.75) is 25.1 Å². The van der Waals surface area contributed by atoms with Gasteiger partial charge in [0.15, 0.2) is 0 Å². The Hall–Kier alpha value is -1.85. The smallest absolute Gasteiger partial charge is 0.216 e. The van der Waals surface area contributed by atoms with Crippen LogP contribution in [0.25, 0.3) is 0 Å². The van der Waals surface area contributed by atoms with Crippen LogP contribution in [0.15, 0.2) is 54.6 Å². The van der Waals surface area contributed by atoms with Crippen molar-refractivity contribution in [3.8, 4) is 0 Å². The van der Waals surface area contributed by atoms with Gasteiger partial charge in [0.25, 0.3) is 0 Å². The summed E-state index contributed by atoms with van der Waals surface area (Å²) >= 11 is 0. The lowest BCUT2D eigenvalue weighted by molar-refractivity contribution is 0.549. The molecule has 2 aromatic rings. The van der Waals surface area contributed by atoms with Gasteiger partial charge in [0, 0.05) is 11.7 Å². The van der Waals surface area contributed by atoms with Gasteiger partial charge in [0.2, 0.25) is 10.0 Å². The van der Waals surface area contributed by atoms with E-state index in [2.05, 4.69) is 4.72 Å². The lowest BCUT2D eigenvalue weighted by Gasteiger charge is -2.18. The van der Waals surface area contributed by atoms with Crippen molar-refractivity contribution >= 4 is 15.7 Å². The van der Waals surface area contributed by atoms with Crippen LogP contribution in [0.4, 0.5) is 5.69 Å². The van der Waals surface area contributed by atoms with Crippen LogP contribution < -0.4 is 10.5 Å². The largest absolute Gasteiger partial charge is 0.398 e. The molecule has 2 aromatic carbocycles. The molecule has 0 aliphatic rings. The minimum absolute atomic E-state index is 0.108. The molecule has 5 heteroatoms. The third-order valence-electron chi connectivity index (χ3n) is 3.33. The monoisotopic (exact) mass is 304 g/mol. The third kappa shape index (κ3) is 4.31. The Morgan fingerprint density at radius 2 is 1.67 bits per heavy atom. The van der Waals surface area contributed by atoms with Gasteiger partial charge < -0.3 is 5.73 Å². The minimum Gasteiger partial charge on any atom is -0.398 e. The van der Waals surface area contributed by atoms with E-state index in [1.165, 1.54) is 0 Å². The predicted octanol–water partition coefficient (Wildman–Crippen LogP) is 2.84. The van der Waals surface area contributed by atoms with E-state index in [4.69, 9.17) is 5.73 Å². The minimum atomic E-state index is -3.45. The van der Waals surface area contributed by atoms with E-state index in [-0.39, 0.29) is 11.8 Å². The van der Waals surface area contributed by atoms with Crippen molar-refractivity contribution in [3.05, 3.63) is 65.7 Å². The van der Waals surface area contributed by atoms with Gasteiger partial charge in [-0.05, 0) is 23.6 Å². The molecular weight excluding hydrogens is 284 g/mol. The number of hydrogen-bond donors (Lipinski definition) is 2. The van der Waals surface area contributed by atoms with E-state index in [1.807, 2.05) is 37.3 Å². The highest BCUT2D eigenvalue weighted by Crippen LogP contribution is 2.19. The first-order valence-corrected chi connectivity index (χ1v) is 8.55. The van der Waals surface area contributed by atoms with Crippen molar-refractivity contribution in [1.29, 1.82) is 0 Å². The molecule has 0 aromatic heterocycles. The number of anilines is 1. The molecule has 112 valence electrons. The number of benzene rings is 2. The summed E-state index contributed by atoms with van der Waals surface area (Å²) in [4.78, 5) is 0. The van der Waals surface area contributed by atoms with Crippen molar-refractivity contribution in [2.75, 3.05) is 5.73 Å². The highest BCUT2D eigenvalue weighted by Gasteiger charge is 2.19. The Morgan fingerprint density at radius 1 is 1.05 bits per heavy atom. The Labute approximate surface area is 126 Å². The number of hydrogen-bond acceptors (Lipinski definition) is 3. The Morgan fingerprint density at radius 3 is 2.29 bits per heavy atom. The number of para-hydroxylation sites is 1. The maximum Gasteiger partial charge on any atom is 0.216 e. The topological polar surface area (TPSA) is 72.2 Å². The standard InChI is InChI=1S/C16H20N2O2S/c1-2-16(13-8-4-3-5-9-13)18-21(19,20)12-14-10-6-7-11-15(14)17/h3-11,16,18H,2,12,17H2,1H3. The van der Waals surface area contributed by atoms with Crippen LogP contribution in [-0.2, 0) is 15.8 Å². The van der Waals surface area contributed by atoms with Crippen molar-refractivity contribution in [2.24, 2.45) is 0 Å². The molecule has 0 saturated heterocycles. The number of sulfonamides is 1. The van der Waals surface area contributed by atoms with E-state index in [1.54, 1.807) is 24.3 Å². The fraction of sp³-hybridized carbons (Fsp3) is 0.250. The summed E-state index contributed by atoms with van der Waals surface area (Å²) in [6.45, 7) is 1.96. The molecule has 1 atom stereocenters. The van der Waals surface area contributed by atoms with Gasteiger partial charge in [-0.3, -0.25) is 0 Å². The molecular formula is C16H20N2O2S. The molecule has 0 radical (unpaired) electrons. The Balaban J connectivity index is 2.15. The zero-order valence-corrected chi connectivity index (χ0v) is 12.8. The van der Waals surface area contributed by atoms with Crippen LogP contribution in [0.5, 0.6) is 0 Å². The molecule has 1 unspecified atom stereocenters. The molecule has 0 aliphatic carbocycles.